The van der Waals surface area contributed by atoms with Gasteiger partial charge in [-0.3, -0.25) is 4.79 Å². The molecule has 0 aromatic carbocycles. The number of anilines is 2. The minimum absolute atomic E-state index is 0.0863. The van der Waals surface area contributed by atoms with Crippen LogP contribution in [0.2, 0.25) is 0 Å². The molecule has 1 fully saturated rings. The highest BCUT2D eigenvalue weighted by Gasteiger charge is 2.16. The molecular formula is C13H19N3O. The van der Waals surface area contributed by atoms with Crippen LogP contribution in [0.1, 0.15) is 26.7 Å². The van der Waals surface area contributed by atoms with Gasteiger partial charge in [-0.2, -0.15) is 0 Å². The van der Waals surface area contributed by atoms with E-state index in [1.165, 1.54) is 19.8 Å². The average molecular weight is 233 g/mol. The second-order valence-corrected chi connectivity index (χ2v) is 4.78. The molecule has 17 heavy (non-hydrogen) atoms. The van der Waals surface area contributed by atoms with Crippen molar-refractivity contribution in [1.29, 1.82) is 0 Å². The number of hydrogen-bond donors (Lipinski definition) is 1. The Morgan fingerprint density at radius 2 is 2.35 bits per heavy atom. The lowest BCUT2D eigenvalue weighted by atomic mass is 10.00. The Morgan fingerprint density at radius 3 is 2.94 bits per heavy atom. The lowest BCUT2D eigenvalue weighted by Gasteiger charge is -2.32. The molecule has 0 bridgehead atoms. The predicted molar refractivity (Wildman–Crippen MR) is 69.2 cm³/mol. The van der Waals surface area contributed by atoms with Crippen molar-refractivity contribution in [3.05, 3.63) is 18.3 Å². The molecule has 0 spiro atoms. The van der Waals surface area contributed by atoms with E-state index in [4.69, 9.17) is 0 Å². The van der Waals surface area contributed by atoms with E-state index in [0.29, 0.717) is 5.82 Å². The van der Waals surface area contributed by atoms with Gasteiger partial charge >= 0.3 is 0 Å². The summed E-state index contributed by atoms with van der Waals surface area (Å²) in [7, 11) is 0. The minimum atomic E-state index is -0.0863. The summed E-state index contributed by atoms with van der Waals surface area (Å²) < 4.78 is 0. The van der Waals surface area contributed by atoms with Gasteiger partial charge in [0, 0.05) is 20.0 Å². The fourth-order valence-electron chi connectivity index (χ4n) is 2.25. The van der Waals surface area contributed by atoms with Gasteiger partial charge < -0.3 is 10.2 Å². The molecule has 4 heteroatoms. The number of carbonyl (C=O) groups excluding carboxylic acids is 1. The van der Waals surface area contributed by atoms with Gasteiger partial charge in [-0.05, 0) is 30.9 Å². The molecule has 0 radical (unpaired) electrons. The molecular weight excluding hydrogens is 214 g/mol. The van der Waals surface area contributed by atoms with Crippen molar-refractivity contribution < 1.29 is 4.79 Å². The summed E-state index contributed by atoms with van der Waals surface area (Å²) >= 11 is 0. The zero-order valence-electron chi connectivity index (χ0n) is 10.4. The van der Waals surface area contributed by atoms with Crippen LogP contribution >= 0.6 is 0 Å². The molecule has 1 N–H and O–H groups in total. The number of nitrogens with one attached hydrogen (secondary N) is 1. The Balaban J connectivity index is 2.04. The van der Waals surface area contributed by atoms with Crippen molar-refractivity contribution >= 4 is 17.4 Å². The topological polar surface area (TPSA) is 45.2 Å². The first-order valence-electron chi connectivity index (χ1n) is 6.14. The molecule has 1 aromatic rings. The molecule has 0 saturated carbocycles. The molecule has 0 aliphatic carbocycles. The van der Waals surface area contributed by atoms with Crippen LogP contribution < -0.4 is 10.2 Å². The number of carbonyl (C=O) groups is 1. The van der Waals surface area contributed by atoms with E-state index >= 15 is 0 Å². The van der Waals surface area contributed by atoms with Crippen molar-refractivity contribution in [2.75, 3.05) is 23.3 Å². The van der Waals surface area contributed by atoms with Gasteiger partial charge in [-0.15, -0.1) is 0 Å². The van der Waals surface area contributed by atoms with E-state index < -0.39 is 0 Å². The molecule has 1 aliphatic heterocycles. The molecule has 92 valence electrons. The molecule has 1 saturated heterocycles. The van der Waals surface area contributed by atoms with Gasteiger partial charge in [0.1, 0.15) is 5.82 Å². The fourth-order valence-corrected chi connectivity index (χ4v) is 2.25. The maximum atomic E-state index is 10.9. The second kappa shape index (κ2) is 5.17. The lowest BCUT2D eigenvalue weighted by molar-refractivity contribution is -0.114. The van der Waals surface area contributed by atoms with Crippen LogP contribution in [0.3, 0.4) is 0 Å². The molecule has 1 amide bonds. The van der Waals surface area contributed by atoms with Gasteiger partial charge in [-0.1, -0.05) is 6.92 Å². The number of rotatable bonds is 2. The summed E-state index contributed by atoms with van der Waals surface area (Å²) in [5.74, 6) is 1.28. The average Bonchev–Trinajstić information content (AvgIpc) is 2.29. The summed E-state index contributed by atoms with van der Waals surface area (Å²) in [6, 6.07) is 3.88. The first kappa shape index (κ1) is 11.9. The van der Waals surface area contributed by atoms with Crippen LogP contribution in [0, 0.1) is 5.92 Å². The largest absolute Gasteiger partial charge is 0.370 e. The Kier molecular flexibility index (Phi) is 3.61. The lowest BCUT2D eigenvalue weighted by Crippen LogP contribution is -2.34. The maximum Gasteiger partial charge on any atom is 0.222 e. The number of piperidine rings is 1. The first-order chi connectivity index (χ1) is 8.15. The number of nitrogens with zero attached hydrogens (tertiary/aromatic N) is 2. The van der Waals surface area contributed by atoms with Gasteiger partial charge in [0.25, 0.3) is 0 Å². The van der Waals surface area contributed by atoms with Crippen LogP contribution in [0.5, 0.6) is 0 Å². The summed E-state index contributed by atoms with van der Waals surface area (Å²) in [6.07, 6.45) is 4.39. The monoisotopic (exact) mass is 233 g/mol. The van der Waals surface area contributed by atoms with E-state index in [0.717, 1.165) is 24.7 Å². The third-order valence-corrected chi connectivity index (χ3v) is 3.07. The van der Waals surface area contributed by atoms with E-state index in [9.17, 15) is 4.79 Å². The maximum absolute atomic E-state index is 10.9. The van der Waals surface area contributed by atoms with E-state index in [-0.39, 0.29) is 5.91 Å². The fraction of sp³-hybridized carbons (Fsp3) is 0.538. The smallest absolute Gasteiger partial charge is 0.222 e. The standard InChI is InChI=1S/C13H19N3O/c1-10-4-3-7-16(9-10)12-5-6-13(14-8-12)15-11(2)17/h5-6,8,10H,3-4,7,9H2,1-2H3,(H,14,15,17). The zero-order valence-corrected chi connectivity index (χ0v) is 10.4. The summed E-state index contributed by atoms with van der Waals surface area (Å²) in [6.45, 7) is 5.97. The van der Waals surface area contributed by atoms with Crippen molar-refractivity contribution in [2.24, 2.45) is 5.92 Å². The summed E-state index contributed by atoms with van der Waals surface area (Å²) in [5.41, 5.74) is 1.14. The number of amides is 1. The third kappa shape index (κ3) is 3.19. The highest BCUT2D eigenvalue weighted by molar-refractivity contribution is 5.87. The van der Waals surface area contributed by atoms with Crippen LogP contribution in [0.15, 0.2) is 18.3 Å². The minimum Gasteiger partial charge on any atom is -0.370 e. The highest BCUT2D eigenvalue weighted by atomic mass is 16.1. The van der Waals surface area contributed by atoms with Crippen molar-refractivity contribution in [2.45, 2.75) is 26.7 Å². The predicted octanol–water partition coefficient (Wildman–Crippen LogP) is 2.28. The Labute approximate surface area is 102 Å². The van der Waals surface area contributed by atoms with Gasteiger partial charge in [-0.25, -0.2) is 4.98 Å². The van der Waals surface area contributed by atoms with Gasteiger partial charge in [0.15, 0.2) is 0 Å². The molecule has 2 rings (SSSR count). The zero-order chi connectivity index (χ0) is 12.3. The molecule has 1 aliphatic rings. The normalized spacial score (nSPS) is 20.1. The first-order valence-corrected chi connectivity index (χ1v) is 6.14. The second-order valence-electron chi connectivity index (χ2n) is 4.78. The molecule has 1 unspecified atom stereocenters. The van der Waals surface area contributed by atoms with Crippen molar-refractivity contribution in [3.8, 4) is 0 Å². The Bertz CT molecular complexity index is 388. The van der Waals surface area contributed by atoms with E-state index in [2.05, 4.69) is 22.1 Å². The number of pyridine rings is 1. The van der Waals surface area contributed by atoms with Crippen LogP contribution in [0.25, 0.3) is 0 Å². The molecule has 2 heterocycles. The number of hydrogen-bond acceptors (Lipinski definition) is 3. The quantitative estimate of drug-likeness (QED) is 0.852. The summed E-state index contributed by atoms with van der Waals surface area (Å²) in [4.78, 5) is 17.5. The van der Waals surface area contributed by atoms with E-state index in [1.54, 1.807) is 0 Å². The third-order valence-electron chi connectivity index (χ3n) is 3.07. The Morgan fingerprint density at radius 1 is 1.53 bits per heavy atom. The van der Waals surface area contributed by atoms with Crippen LogP contribution in [-0.4, -0.2) is 24.0 Å². The van der Waals surface area contributed by atoms with Crippen molar-refractivity contribution in [3.63, 3.8) is 0 Å². The van der Waals surface area contributed by atoms with Gasteiger partial charge in [0.05, 0.1) is 11.9 Å². The molecule has 1 atom stereocenters. The Hall–Kier alpha value is -1.58. The molecule has 1 aromatic heterocycles. The van der Waals surface area contributed by atoms with Crippen molar-refractivity contribution in [1.82, 2.24) is 4.98 Å². The van der Waals surface area contributed by atoms with E-state index in [1.807, 2.05) is 18.3 Å². The molecule has 4 nitrogen and oxygen atoms in total. The summed E-state index contributed by atoms with van der Waals surface area (Å²) in [5, 5.41) is 2.68. The number of aromatic nitrogens is 1. The van der Waals surface area contributed by atoms with Gasteiger partial charge in [0.2, 0.25) is 5.91 Å². The highest BCUT2D eigenvalue weighted by Crippen LogP contribution is 2.22. The SMILES string of the molecule is CC(=O)Nc1ccc(N2CCCC(C)C2)cn1. The van der Waals surface area contributed by atoms with Crippen LogP contribution in [-0.2, 0) is 4.79 Å². The van der Waals surface area contributed by atoms with Crippen LogP contribution in [0.4, 0.5) is 11.5 Å².